The van der Waals surface area contributed by atoms with Gasteiger partial charge in [-0.15, -0.1) is 0 Å². The van der Waals surface area contributed by atoms with Crippen LogP contribution in [0, 0.1) is 17.3 Å². The van der Waals surface area contributed by atoms with E-state index in [-0.39, 0.29) is 47.2 Å². The van der Waals surface area contributed by atoms with Gasteiger partial charge >= 0.3 is 0 Å². The molecule has 5 atom stereocenters. The first-order valence-electron chi connectivity index (χ1n) is 9.21. The monoisotopic (exact) mass is 350 g/mol. The maximum absolute atomic E-state index is 13.7. The smallest absolute Gasteiger partial charge is 0.145 e. The van der Waals surface area contributed by atoms with E-state index in [4.69, 9.17) is 0 Å². The quantitative estimate of drug-likeness (QED) is 0.600. The molecule has 0 aromatic heterocycles. The maximum Gasteiger partial charge on any atom is 0.145 e. The summed E-state index contributed by atoms with van der Waals surface area (Å²) in [5.74, 6) is -0.463. The molecule has 5 unspecified atom stereocenters. The highest BCUT2D eigenvalue weighted by atomic mass is 16.3. The summed E-state index contributed by atoms with van der Waals surface area (Å²) in [6, 6.07) is 2.91. The van der Waals surface area contributed by atoms with Crippen LogP contribution in [0.15, 0.2) is 35.9 Å². The zero-order chi connectivity index (χ0) is 18.6. The highest BCUT2D eigenvalue weighted by molar-refractivity contribution is 6.11. The summed E-state index contributed by atoms with van der Waals surface area (Å²) in [5, 5.41) is 21.3. The van der Waals surface area contributed by atoms with E-state index in [1.54, 1.807) is 0 Å². The second kappa shape index (κ2) is 4.48. The fraction of sp³-hybridized carbons (Fsp3) is 0.455. The Kier molecular flexibility index (Phi) is 2.73. The Morgan fingerprint density at radius 1 is 1.23 bits per heavy atom. The minimum absolute atomic E-state index is 0.0128. The van der Waals surface area contributed by atoms with E-state index in [9.17, 15) is 19.8 Å². The third-order valence-electron chi connectivity index (χ3n) is 7.54. The van der Waals surface area contributed by atoms with Gasteiger partial charge in [-0.2, -0.15) is 0 Å². The van der Waals surface area contributed by atoms with Gasteiger partial charge < -0.3 is 10.2 Å². The molecule has 1 aromatic rings. The third kappa shape index (κ3) is 1.38. The van der Waals surface area contributed by atoms with Crippen molar-refractivity contribution in [1.82, 2.24) is 0 Å². The summed E-state index contributed by atoms with van der Waals surface area (Å²) in [6.07, 6.45) is 3.25. The number of ketones is 2. The number of aromatic hydroxyl groups is 2. The van der Waals surface area contributed by atoms with Crippen LogP contribution < -0.4 is 0 Å². The number of fused-ring (bicyclic) bond motifs is 3. The molecule has 2 N–H and O–H groups in total. The molecule has 2 fully saturated rings. The number of allylic oxidation sites excluding steroid dienone is 3. The van der Waals surface area contributed by atoms with Crippen molar-refractivity contribution in [3.05, 3.63) is 47.1 Å². The number of carbonyl (C=O) groups excluding carboxylic acids is 2. The molecule has 4 bridgehead atoms. The van der Waals surface area contributed by atoms with E-state index in [0.717, 1.165) is 11.1 Å². The van der Waals surface area contributed by atoms with Crippen molar-refractivity contribution in [3.63, 3.8) is 0 Å². The molecule has 0 amide bonds. The SMILES string of the molecule is C=C(C)C1CC23C(=O)C1CC(=O)C21CC(C)=CC3c2c(O)ccc(O)c21. The van der Waals surface area contributed by atoms with E-state index in [1.165, 1.54) is 12.1 Å². The van der Waals surface area contributed by atoms with E-state index in [2.05, 4.69) is 6.58 Å². The topological polar surface area (TPSA) is 74.6 Å². The molecule has 134 valence electrons. The molecule has 4 aliphatic rings. The maximum atomic E-state index is 13.7. The molecule has 5 rings (SSSR count). The first-order valence-corrected chi connectivity index (χ1v) is 9.21. The molecule has 0 saturated heterocycles. The molecule has 0 aliphatic heterocycles. The van der Waals surface area contributed by atoms with Crippen molar-refractivity contribution >= 4 is 11.6 Å². The molecule has 4 heteroatoms. The van der Waals surface area contributed by atoms with Crippen LogP contribution in [0.3, 0.4) is 0 Å². The standard InChI is InChI=1S/C22H22O4/c1-10(2)13-9-21-14-6-11(3)8-22(21,17(25)7-12(13)20(21)26)19-16(24)5-4-15(23)18(14)19/h4-6,12-14,23-24H,1,7-9H2,2-3H3. The minimum Gasteiger partial charge on any atom is -0.508 e. The van der Waals surface area contributed by atoms with Crippen molar-refractivity contribution in [1.29, 1.82) is 0 Å². The van der Waals surface area contributed by atoms with Crippen LogP contribution in [0.4, 0.5) is 0 Å². The minimum atomic E-state index is -1.05. The van der Waals surface area contributed by atoms with Crippen LogP contribution in [0.1, 0.15) is 50.2 Å². The van der Waals surface area contributed by atoms with Crippen molar-refractivity contribution in [2.75, 3.05) is 0 Å². The number of benzene rings is 1. The number of hydrogen-bond acceptors (Lipinski definition) is 4. The number of hydrogen-bond donors (Lipinski definition) is 2. The average Bonchev–Trinajstić information content (AvgIpc) is 2.87. The van der Waals surface area contributed by atoms with Gasteiger partial charge in [-0.1, -0.05) is 23.8 Å². The van der Waals surface area contributed by atoms with Gasteiger partial charge in [0.2, 0.25) is 0 Å². The van der Waals surface area contributed by atoms with Gasteiger partial charge in [-0.3, -0.25) is 9.59 Å². The van der Waals surface area contributed by atoms with Crippen LogP contribution >= 0.6 is 0 Å². The number of carbonyl (C=O) groups is 2. The van der Waals surface area contributed by atoms with E-state index in [0.29, 0.717) is 24.0 Å². The fourth-order valence-electron chi connectivity index (χ4n) is 6.71. The van der Waals surface area contributed by atoms with E-state index < -0.39 is 10.8 Å². The summed E-state index contributed by atoms with van der Waals surface area (Å²) in [4.78, 5) is 27.2. The van der Waals surface area contributed by atoms with Gasteiger partial charge in [0, 0.05) is 29.4 Å². The Morgan fingerprint density at radius 3 is 2.62 bits per heavy atom. The van der Waals surface area contributed by atoms with Crippen LogP contribution in [0.2, 0.25) is 0 Å². The predicted octanol–water partition coefficient (Wildman–Crippen LogP) is 3.52. The lowest BCUT2D eigenvalue weighted by Gasteiger charge is -2.49. The van der Waals surface area contributed by atoms with Gasteiger partial charge in [0.05, 0.1) is 10.8 Å². The average molecular weight is 350 g/mol. The molecule has 1 aromatic carbocycles. The number of rotatable bonds is 1. The largest absolute Gasteiger partial charge is 0.508 e. The Labute approximate surface area is 152 Å². The van der Waals surface area contributed by atoms with Gasteiger partial charge in [0.25, 0.3) is 0 Å². The first kappa shape index (κ1) is 15.9. The van der Waals surface area contributed by atoms with Crippen molar-refractivity contribution in [3.8, 4) is 11.5 Å². The van der Waals surface area contributed by atoms with Crippen LogP contribution in [-0.4, -0.2) is 21.8 Å². The molecule has 0 heterocycles. The molecule has 4 nitrogen and oxygen atoms in total. The molecule has 0 radical (unpaired) electrons. The Balaban J connectivity index is 1.92. The van der Waals surface area contributed by atoms with Crippen molar-refractivity contribution in [2.45, 2.75) is 44.4 Å². The van der Waals surface area contributed by atoms with Crippen LogP contribution in [-0.2, 0) is 15.0 Å². The summed E-state index contributed by atoms with van der Waals surface area (Å²) < 4.78 is 0. The second-order valence-electron chi connectivity index (χ2n) is 8.69. The number of Topliss-reactive ketones (excluding diaryl/α,β-unsaturated/α-hetero) is 2. The van der Waals surface area contributed by atoms with Gasteiger partial charge in [-0.25, -0.2) is 0 Å². The van der Waals surface area contributed by atoms with E-state index >= 15 is 0 Å². The van der Waals surface area contributed by atoms with Gasteiger partial charge in [0.1, 0.15) is 23.1 Å². The van der Waals surface area contributed by atoms with Crippen molar-refractivity contribution in [2.24, 2.45) is 17.3 Å². The molecule has 26 heavy (non-hydrogen) atoms. The number of phenolic OH excluding ortho intramolecular Hbond substituents is 2. The lowest BCUT2D eigenvalue weighted by atomic mass is 9.49. The normalized spacial score (nSPS) is 39.5. The zero-order valence-electron chi connectivity index (χ0n) is 15.0. The van der Waals surface area contributed by atoms with E-state index in [1.807, 2.05) is 19.9 Å². The summed E-state index contributed by atoms with van der Waals surface area (Å²) in [5.41, 5.74) is 1.10. The lowest BCUT2D eigenvalue weighted by Crippen LogP contribution is -2.58. The van der Waals surface area contributed by atoms with Crippen LogP contribution in [0.25, 0.3) is 0 Å². The highest BCUT2D eigenvalue weighted by Crippen LogP contribution is 2.76. The Bertz CT molecular complexity index is 955. The Hall–Kier alpha value is -2.36. The summed E-state index contributed by atoms with van der Waals surface area (Å²) in [6.45, 7) is 7.98. The summed E-state index contributed by atoms with van der Waals surface area (Å²) >= 11 is 0. The lowest BCUT2D eigenvalue weighted by molar-refractivity contribution is -0.148. The molecule has 4 aliphatic carbocycles. The zero-order valence-corrected chi connectivity index (χ0v) is 15.0. The number of phenols is 2. The molecule has 2 saturated carbocycles. The second-order valence-corrected chi connectivity index (χ2v) is 8.69. The Morgan fingerprint density at radius 2 is 1.92 bits per heavy atom. The predicted molar refractivity (Wildman–Crippen MR) is 96.0 cm³/mol. The molecule has 1 spiro atoms. The van der Waals surface area contributed by atoms with Gasteiger partial charge in [-0.05, 0) is 44.7 Å². The van der Waals surface area contributed by atoms with Crippen LogP contribution in [0.5, 0.6) is 11.5 Å². The fourth-order valence-corrected chi connectivity index (χ4v) is 6.71. The van der Waals surface area contributed by atoms with Gasteiger partial charge in [0.15, 0.2) is 0 Å². The highest BCUT2D eigenvalue weighted by Gasteiger charge is 2.78. The van der Waals surface area contributed by atoms with Crippen molar-refractivity contribution < 1.29 is 19.8 Å². The first-order chi connectivity index (χ1) is 12.3. The molecular formula is C22H22O4. The summed E-state index contributed by atoms with van der Waals surface area (Å²) in [7, 11) is 0. The molecular weight excluding hydrogens is 328 g/mol. The third-order valence-corrected chi connectivity index (χ3v) is 7.54.